The Balaban J connectivity index is 1.78. The van der Waals surface area contributed by atoms with Crippen molar-refractivity contribution >= 4 is 23.2 Å². The molecule has 4 saturated carbocycles. The third-order valence-electron chi connectivity index (χ3n) is 7.32. The molecule has 1 aromatic rings. The molecule has 0 radical (unpaired) electrons. The molecule has 1 heterocycles. The summed E-state index contributed by atoms with van der Waals surface area (Å²) < 4.78 is 1.79. The molecular weight excluding hydrogens is 372 g/mol. The first-order valence-corrected chi connectivity index (χ1v) is 11.3. The minimum Gasteiger partial charge on any atom is -0.480 e. The number of hydrogen-bond donors (Lipinski definition) is 1. The summed E-state index contributed by atoms with van der Waals surface area (Å²) in [5, 5.41) is 9.94. The SMILES string of the molecule is Cc1s/c(=N\C(=O)C23CC4CC(CC(C4)C2)C3)n(C(C(=O)O)C(C)(C)C)c1C. The van der Waals surface area contributed by atoms with Gasteiger partial charge in [-0.3, -0.25) is 4.79 Å². The number of carbonyl (C=O) groups is 2. The minimum absolute atomic E-state index is 0.000326. The van der Waals surface area contributed by atoms with Gasteiger partial charge >= 0.3 is 5.97 Å². The molecule has 6 heteroatoms. The lowest BCUT2D eigenvalue weighted by atomic mass is 9.49. The predicted octanol–water partition coefficient (Wildman–Crippen LogP) is 4.48. The fraction of sp³-hybridized carbons (Fsp3) is 0.773. The molecule has 154 valence electrons. The van der Waals surface area contributed by atoms with Crippen LogP contribution in [0.15, 0.2) is 4.99 Å². The Kier molecular flexibility index (Phi) is 4.64. The molecule has 1 N–H and O–H groups in total. The van der Waals surface area contributed by atoms with Crippen LogP contribution in [-0.2, 0) is 9.59 Å². The average molecular weight is 405 g/mol. The highest BCUT2D eigenvalue weighted by Crippen LogP contribution is 2.60. The highest BCUT2D eigenvalue weighted by Gasteiger charge is 2.54. The number of aromatic nitrogens is 1. The van der Waals surface area contributed by atoms with E-state index in [1.807, 2.05) is 34.6 Å². The van der Waals surface area contributed by atoms with E-state index in [-0.39, 0.29) is 11.3 Å². The zero-order valence-electron chi connectivity index (χ0n) is 17.6. The summed E-state index contributed by atoms with van der Waals surface area (Å²) in [5.41, 5.74) is 0.117. The molecule has 1 aromatic heterocycles. The number of nitrogens with zero attached hydrogens (tertiary/aromatic N) is 2. The first-order valence-electron chi connectivity index (χ1n) is 10.5. The fourth-order valence-electron chi connectivity index (χ4n) is 6.40. The average Bonchev–Trinajstić information content (AvgIpc) is 2.80. The van der Waals surface area contributed by atoms with E-state index in [1.54, 1.807) is 4.57 Å². The first kappa shape index (κ1) is 19.9. The van der Waals surface area contributed by atoms with E-state index in [2.05, 4.69) is 4.99 Å². The molecule has 0 saturated heterocycles. The molecule has 0 aliphatic heterocycles. The predicted molar refractivity (Wildman–Crippen MR) is 109 cm³/mol. The summed E-state index contributed by atoms with van der Waals surface area (Å²) >= 11 is 1.45. The summed E-state index contributed by atoms with van der Waals surface area (Å²) in [4.78, 5) is 31.8. The molecule has 0 spiro atoms. The first-order chi connectivity index (χ1) is 13.0. The van der Waals surface area contributed by atoms with Crippen LogP contribution in [0.3, 0.4) is 0 Å². The maximum atomic E-state index is 13.5. The van der Waals surface area contributed by atoms with Gasteiger partial charge in [-0.2, -0.15) is 4.99 Å². The second-order valence-corrected chi connectivity index (χ2v) is 11.8. The van der Waals surface area contributed by atoms with Gasteiger partial charge in [0.25, 0.3) is 5.91 Å². The number of amides is 1. The van der Waals surface area contributed by atoms with Crippen LogP contribution in [0.4, 0.5) is 0 Å². The van der Waals surface area contributed by atoms with Crippen molar-refractivity contribution in [3.05, 3.63) is 15.4 Å². The Morgan fingerprint density at radius 1 is 1.11 bits per heavy atom. The Morgan fingerprint density at radius 2 is 1.61 bits per heavy atom. The number of rotatable bonds is 3. The van der Waals surface area contributed by atoms with Gasteiger partial charge in [-0.1, -0.05) is 20.8 Å². The zero-order chi connectivity index (χ0) is 20.4. The van der Waals surface area contributed by atoms with Crippen LogP contribution in [0.2, 0.25) is 0 Å². The minimum atomic E-state index is -0.878. The summed E-state index contributed by atoms with van der Waals surface area (Å²) in [5.74, 6) is 1.18. The van der Waals surface area contributed by atoms with E-state index in [4.69, 9.17) is 0 Å². The number of hydrogen-bond acceptors (Lipinski definition) is 3. The van der Waals surface area contributed by atoms with Gasteiger partial charge in [0.05, 0.1) is 5.41 Å². The lowest BCUT2D eigenvalue weighted by Crippen LogP contribution is -2.50. The van der Waals surface area contributed by atoms with Crippen LogP contribution in [0.1, 0.15) is 75.9 Å². The van der Waals surface area contributed by atoms with Crippen molar-refractivity contribution in [3.63, 3.8) is 0 Å². The Morgan fingerprint density at radius 3 is 2.04 bits per heavy atom. The smallest absolute Gasteiger partial charge is 0.327 e. The lowest BCUT2D eigenvalue weighted by molar-refractivity contribution is -0.145. The topological polar surface area (TPSA) is 71.7 Å². The molecule has 4 aliphatic rings. The standard InChI is InChI=1S/C22H32N2O3S/c1-12-13(2)28-20(24(12)17(18(25)26)21(3,4)5)23-19(27)22-9-14-6-15(10-22)8-16(7-14)11-22/h14-17H,6-11H2,1-5H3,(H,25,26)/b23-20-. The quantitative estimate of drug-likeness (QED) is 0.807. The van der Waals surface area contributed by atoms with Gasteiger partial charge < -0.3 is 9.67 Å². The van der Waals surface area contributed by atoms with Crippen molar-refractivity contribution < 1.29 is 14.7 Å². The second-order valence-electron chi connectivity index (χ2n) is 10.6. The van der Waals surface area contributed by atoms with Crippen molar-refractivity contribution in [2.75, 3.05) is 0 Å². The van der Waals surface area contributed by atoms with Gasteiger partial charge in [-0.15, -0.1) is 11.3 Å². The second kappa shape index (κ2) is 6.54. The highest BCUT2D eigenvalue weighted by atomic mass is 32.1. The van der Waals surface area contributed by atoms with Gasteiger partial charge in [0.2, 0.25) is 0 Å². The monoisotopic (exact) mass is 404 g/mol. The van der Waals surface area contributed by atoms with E-state index in [0.29, 0.717) is 22.6 Å². The van der Waals surface area contributed by atoms with Crippen LogP contribution in [0, 0.1) is 42.4 Å². The molecule has 1 unspecified atom stereocenters. The normalized spacial score (nSPS) is 33.3. The molecule has 0 aromatic carbocycles. The third-order valence-corrected chi connectivity index (χ3v) is 8.40. The van der Waals surface area contributed by atoms with E-state index in [9.17, 15) is 14.7 Å². The number of thiazole rings is 1. The summed E-state index contributed by atoms with van der Waals surface area (Å²) in [6.45, 7) is 9.69. The summed E-state index contributed by atoms with van der Waals surface area (Å²) in [6, 6.07) is -0.750. The highest BCUT2D eigenvalue weighted by molar-refractivity contribution is 7.09. The van der Waals surface area contributed by atoms with Crippen molar-refractivity contribution in [1.82, 2.24) is 4.57 Å². The molecule has 5 nitrogen and oxygen atoms in total. The Hall–Kier alpha value is -1.43. The number of aryl methyl sites for hydroxylation is 1. The van der Waals surface area contributed by atoms with Crippen molar-refractivity contribution in [3.8, 4) is 0 Å². The molecule has 5 rings (SSSR count). The maximum absolute atomic E-state index is 13.5. The lowest BCUT2D eigenvalue weighted by Gasteiger charge is -2.55. The van der Waals surface area contributed by atoms with E-state index >= 15 is 0 Å². The number of carboxylic acid groups (broad SMARTS) is 1. The van der Waals surface area contributed by atoms with Gasteiger partial charge in [-0.25, -0.2) is 4.79 Å². The van der Waals surface area contributed by atoms with Gasteiger partial charge in [0.1, 0.15) is 6.04 Å². The van der Waals surface area contributed by atoms with E-state index in [1.165, 1.54) is 30.6 Å². The number of carboxylic acids is 1. The molecular formula is C22H32N2O3S. The number of aliphatic carboxylic acids is 1. The van der Waals surface area contributed by atoms with Crippen molar-refractivity contribution in [1.29, 1.82) is 0 Å². The summed E-state index contributed by atoms with van der Waals surface area (Å²) in [6.07, 6.45) is 6.80. The molecule has 28 heavy (non-hydrogen) atoms. The van der Waals surface area contributed by atoms with Crippen LogP contribution < -0.4 is 4.80 Å². The molecule has 4 aliphatic carbocycles. The zero-order valence-corrected chi connectivity index (χ0v) is 18.4. The Bertz CT molecular complexity index is 851. The summed E-state index contributed by atoms with van der Waals surface area (Å²) in [7, 11) is 0. The van der Waals surface area contributed by atoms with Crippen molar-refractivity contribution in [2.45, 2.75) is 79.2 Å². The van der Waals surface area contributed by atoms with Crippen LogP contribution in [0.5, 0.6) is 0 Å². The van der Waals surface area contributed by atoms with E-state index in [0.717, 1.165) is 29.8 Å². The van der Waals surface area contributed by atoms with Crippen LogP contribution in [0.25, 0.3) is 0 Å². The van der Waals surface area contributed by atoms with Gasteiger partial charge in [-0.05, 0) is 75.5 Å². The Labute approximate surface area is 170 Å². The largest absolute Gasteiger partial charge is 0.480 e. The maximum Gasteiger partial charge on any atom is 0.327 e. The number of carbonyl (C=O) groups excluding carboxylic acids is 1. The van der Waals surface area contributed by atoms with Crippen LogP contribution in [-0.4, -0.2) is 21.6 Å². The van der Waals surface area contributed by atoms with Gasteiger partial charge in [0.15, 0.2) is 4.80 Å². The molecule has 4 bridgehead atoms. The van der Waals surface area contributed by atoms with E-state index < -0.39 is 17.4 Å². The molecule has 4 fully saturated rings. The van der Waals surface area contributed by atoms with Crippen LogP contribution >= 0.6 is 11.3 Å². The third kappa shape index (κ3) is 3.17. The van der Waals surface area contributed by atoms with Gasteiger partial charge in [0, 0.05) is 10.6 Å². The van der Waals surface area contributed by atoms with Crippen molar-refractivity contribution in [2.24, 2.45) is 33.6 Å². The molecule has 1 atom stereocenters. The fourth-order valence-corrected chi connectivity index (χ4v) is 7.39. The molecule has 1 amide bonds.